The summed E-state index contributed by atoms with van der Waals surface area (Å²) in [7, 11) is 4.30. The van der Waals surface area contributed by atoms with E-state index in [2.05, 4.69) is 15.6 Å². The third-order valence-corrected chi connectivity index (χ3v) is 8.75. The molecule has 1 aromatic heterocycles. The fourth-order valence-electron chi connectivity index (χ4n) is 5.91. The summed E-state index contributed by atoms with van der Waals surface area (Å²) >= 11 is 5.70. The van der Waals surface area contributed by atoms with Crippen LogP contribution in [-0.4, -0.2) is 102 Å². The van der Waals surface area contributed by atoms with Crippen LogP contribution in [0.15, 0.2) is 47.9 Å². The molecule has 2 unspecified atom stereocenters. The van der Waals surface area contributed by atoms with Crippen LogP contribution in [0, 0.1) is 17.7 Å². The van der Waals surface area contributed by atoms with Crippen LogP contribution in [0.25, 0.3) is 0 Å². The molecule has 2 aliphatic heterocycles. The quantitative estimate of drug-likeness (QED) is 0.172. The maximum absolute atomic E-state index is 14.5. The number of carboxylic acid groups (broad SMARTS) is 1. The number of carbonyl (C=O) groups excluding carboxylic acids is 2. The topological polar surface area (TPSA) is 161 Å². The van der Waals surface area contributed by atoms with Gasteiger partial charge in [0, 0.05) is 69.7 Å². The van der Waals surface area contributed by atoms with Gasteiger partial charge in [-0.3, -0.25) is 9.78 Å². The average Bonchev–Trinajstić information content (AvgIpc) is 3.56. The smallest absolute Gasteiger partial charge is 0.414 e. The Labute approximate surface area is 302 Å². The number of imide groups is 1. The summed E-state index contributed by atoms with van der Waals surface area (Å²) in [5, 5.41) is 16.3. The summed E-state index contributed by atoms with van der Waals surface area (Å²) < 4.78 is 42.2. The van der Waals surface area contributed by atoms with Crippen LogP contribution >= 0.6 is 12.2 Å². The van der Waals surface area contributed by atoms with Gasteiger partial charge in [-0.25, -0.2) is 18.9 Å². The fourth-order valence-corrected chi connectivity index (χ4v) is 6.22. The summed E-state index contributed by atoms with van der Waals surface area (Å²) in [6, 6.07) is 5.97. The van der Waals surface area contributed by atoms with Gasteiger partial charge in [-0.15, -0.1) is 0 Å². The number of anilines is 1. The van der Waals surface area contributed by atoms with E-state index < -0.39 is 35.6 Å². The molecule has 0 bridgehead atoms. The van der Waals surface area contributed by atoms with E-state index in [9.17, 15) is 23.9 Å². The minimum atomic E-state index is -1.44. The van der Waals surface area contributed by atoms with Crippen LogP contribution in [0.1, 0.15) is 45.6 Å². The van der Waals surface area contributed by atoms with Gasteiger partial charge in [0.15, 0.2) is 17.9 Å². The minimum Gasteiger partial charge on any atom is -0.492 e. The van der Waals surface area contributed by atoms with Gasteiger partial charge < -0.3 is 44.3 Å². The molecule has 3 amide bonds. The Morgan fingerprint density at radius 2 is 1.90 bits per heavy atom. The number of halogens is 1. The molecule has 0 aliphatic carbocycles. The molecule has 0 spiro atoms. The van der Waals surface area contributed by atoms with E-state index in [1.165, 1.54) is 39.5 Å². The van der Waals surface area contributed by atoms with Crippen molar-refractivity contribution >= 4 is 41.0 Å². The third-order valence-electron chi connectivity index (χ3n) is 8.44. The van der Waals surface area contributed by atoms with Crippen molar-refractivity contribution in [2.45, 2.75) is 58.5 Å². The van der Waals surface area contributed by atoms with E-state index in [1.54, 1.807) is 23.4 Å². The molecule has 1 fully saturated rings. The van der Waals surface area contributed by atoms with Gasteiger partial charge in [0.1, 0.15) is 16.3 Å². The molecule has 2 aromatic rings. The second-order valence-corrected chi connectivity index (χ2v) is 13.6. The van der Waals surface area contributed by atoms with Crippen molar-refractivity contribution in [1.29, 1.82) is 0 Å². The predicted molar refractivity (Wildman–Crippen MR) is 189 cm³/mol. The number of rotatable bonds is 14. The van der Waals surface area contributed by atoms with Crippen LogP contribution < -0.4 is 20.1 Å². The Balaban J connectivity index is 1.60. The second-order valence-electron chi connectivity index (χ2n) is 13.2. The molecule has 1 saturated heterocycles. The maximum Gasteiger partial charge on any atom is 0.414 e. The number of pyridine rings is 1. The van der Waals surface area contributed by atoms with Crippen LogP contribution in [0.3, 0.4) is 0 Å². The number of thiocarbonyl (C=S) groups is 1. The first-order chi connectivity index (χ1) is 24.3. The molecule has 2 atom stereocenters. The Morgan fingerprint density at radius 1 is 1.16 bits per heavy atom. The van der Waals surface area contributed by atoms with E-state index in [4.69, 9.17) is 35.9 Å². The first kappa shape index (κ1) is 39.2. The maximum atomic E-state index is 14.5. The highest BCUT2D eigenvalue weighted by molar-refractivity contribution is 7.81. The van der Waals surface area contributed by atoms with Crippen molar-refractivity contribution < 1.29 is 47.6 Å². The Hall–Kier alpha value is -4.54. The molecule has 2 aliphatic rings. The molecule has 3 heterocycles. The lowest BCUT2D eigenvalue weighted by molar-refractivity contribution is -0.126. The molecule has 4 rings (SSSR count). The largest absolute Gasteiger partial charge is 0.492 e. The zero-order valence-electron chi connectivity index (χ0n) is 29.7. The highest BCUT2D eigenvalue weighted by Crippen LogP contribution is 2.33. The van der Waals surface area contributed by atoms with Gasteiger partial charge >= 0.3 is 12.2 Å². The van der Waals surface area contributed by atoms with Crippen molar-refractivity contribution in [2.24, 2.45) is 11.8 Å². The number of carbonyl (C=O) groups is 3. The summed E-state index contributed by atoms with van der Waals surface area (Å²) in [6.07, 6.45) is 2.31. The number of hydrogen-bond acceptors (Lipinski definition) is 11. The lowest BCUT2D eigenvalue weighted by Gasteiger charge is -2.35. The number of para-hydroxylation sites is 1. The number of ether oxygens (including phenoxy) is 5. The summed E-state index contributed by atoms with van der Waals surface area (Å²) in [5.41, 5.74) is 0.581. The number of amides is 3. The van der Waals surface area contributed by atoms with E-state index in [0.29, 0.717) is 54.4 Å². The number of aromatic nitrogens is 1. The van der Waals surface area contributed by atoms with Crippen molar-refractivity contribution in [3.05, 3.63) is 59.3 Å². The first-order valence-corrected chi connectivity index (χ1v) is 16.9. The zero-order chi connectivity index (χ0) is 37.3. The van der Waals surface area contributed by atoms with E-state index >= 15 is 0 Å². The number of benzene rings is 1. The number of hydrogen-bond donors (Lipinski definition) is 3. The monoisotopic (exact) mass is 731 g/mol. The van der Waals surface area contributed by atoms with Crippen LogP contribution in [0.2, 0.25) is 0 Å². The fraction of sp³-hybridized carbons (Fsp3) is 0.514. The van der Waals surface area contributed by atoms with Crippen molar-refractivity contribution in [3.8, 4) is 11.5 Å². The predicted octanol–water partition coefficient (Wildman–Crippen LogP) is 5.18. The molecule has 0 saturated carbocycles. The van der Waals surface area contributed by atoms with Crippen LogP contribution in [0.5, 0.6) is 11.5 Å². The van der Waals surface area contributed by atoms with Gasteiger partial charge in [-0.2, -0.15) is 0 Å². The highest BCUT2D eigenvalue weighted by Gasteiger charge is 2.39. The van der Waals surface area contributed by atoms with Crippen molar-refractivity contribution in [1.82, 2.24) is 20.1 Å². The molecular formula is C35H46FN5O9S. The van der Waals surface area contributed by atoms with Crippen molar-refractivity contribution in [2.75, 3.05) is 52.9 Å². The second kappa shape index (κ2) is 17.6. The highest BCUT2D eigenvalue weighted by atomic mass is 32.1. The molecule has 16 heteroatoms. The van der Waals surface area contributed by atoms with E-state index in [1.807, 2.05) is 20.8 Å². The lowest BCUT2D eigenvalue weighted by Crippen LogP contribution is -2.49. The molecule has 14 nitrogen and oxygen atoms in total. The first-order valence-electron chi connectivity index (χ1n) is 16.5. The van der Waals surface area contributed by atoms with Crippen LogP contribution in [-0.2, 0) is 25.5 Å². The third kappa shape index (κ3) is 10.3. The molecule has 51 heavy (non-hydrogen) atoms. The Morgan fingerprint density at radius 3 is 2.57 bits per heavy atom. The average molecular weight is 732 g/mol. The number of nitrogens with zero attached hydrogens (tertiary/aromatic N) is 3. The molecular weight excluding hydrogens is 685 g/mol. The molecule has 3 N–H and O–H groups in total. The summed E-state index contributed by atoms with van der Waals surface area (Å²) in [6.45, 7) is 6.88. The van der Waals surface area contributed by atoms with E-state index in [0.717, 1.165) is 6.42 Å². The van der Waals surface area contributed by atoms with Gasteiger partial charge in [0.2, 0.25) is 0 Å². The Kier molecular flexibility index (Phi) is 13.5. The molecule has 0 radical (unpaired) electrons. The van der Waals surface area contributed by atoms with Gasteiger partial charge in [0.25, 0.3) is 5.91 Å². The lowest BCUT2D eigenvalue weighted by atomic mass is 9.90. The number of nitrogens with one attached hydrogen (secondary N) is 2. The molecule has 1 aromatic carbocycles. The van der Waals surface area contributed by atoms with Crippen molar-refractivity contribution in [3.63, 3.8) is 0 Å². The SMILES string of the molecule is COc1c(F)cccc1NC(=S)C1=C(NCc2ccncc2OCC2CCN(C(=O)OC(C)(C)C)C2)C(CCC(OC)OC)CN(C(=O)O)C1=O. The number of methoxy groups -OCH3 is 3. The zero-order valence-corrected chi connectivity index (χ0v) is 30.5. The van der Waals surface area contributed by atoms with Gasteiger partial charge in [-0.05, 0) is 58.2 Å². The molecule has 278 valence electrons. The Bertz CT molecular complexity index is 1610. The number of likely N-dealkylation sites (tertiary alicyclic amines) is 1. The minimum absolute atomic E-state index is 0.0768. The summed E-state index contributed by atoms with van der Waals surface area (Å²) in [4.78, 5) is 45.1. The van der Waals surface area contributed by atoms with Gasteiger partial charge in [0.05, 0.1) is 31.2 Å². The van der Waals surface area contributed by atoms with E-state index in [-0.39, 0.29) is 47.1 Å². The normalized spacial score (nSPS) is 17.8. The summed E-state index contributed by atoms with van der Waals surface area (Å²) in [5.74, 6) is -1.58. The van der Waals surface area contributed by atoms with Gasteiger partial charge in [-0.1, -0.05) is 18.3 Å². The van der Waals surface area contributed by atoms with Crippen LogP contribution in [0.4, 0.5) is 19.7 Å². The standard InChI is InChI=1S/C35H46FN5O9S/c1-35(2,3)50-34(45)40-15-13-21(18-40)20-49-26-17-37-14-12-22(26)16-38-29-23(10-11-27(46-4)47-5)19-41(33(43)44)32(42)28(29)31(51)39-25-9-7-8-24(36)30(25)48-6/h7-9,12,14,17,21,23,27,38H,10-11,13,15-16,18-20H2,1-6H3,(H,39,51)(H,43,44).